The van der Waals surface area contributed by atoms with Crippen LogP contribution in [0.3, 0.4) is 0 Å². The van der Waals surface area contributed by atoms with Gasteiger partial charge in [-0.1, -0.05) is 0 Å². The van der Waals surface area contributed by atoms with Gasteiger partial charge >= 0.3 is 5.97 Å². The van der Waals surface area contributed by atoms with Crippen LogP contribution in [0.15, 0.2) is 12.5 Å². The molecule has 5 N–H and O–H groups in total. The number of aliphatic carboxylic acids is 1. The minimum atomic E-state index is -1.12. The lowest BCUT2D eigenvalue weighted by atomic mass is 10.1. The number of aromatic nitrogens is 2. The van der Waals surface area contributed by atoms with Crippen molar-refractivity contribution in [3.8, 4) is 0 Å². The molecule has 8 heteroatoms. The van der Waals surface area contributed by atoms with Crippen molar-refractivity contribution in [2.75, 3.05) is 6.54 Å². The second-order valence-electron chi connectivity index (χ2n) is 4.51. The summed E-state index contributed by atoms with van der Waals surface area (Å²) in [6, 6.07) is -1.58. The van der Waals surface area contributed by atoms with Crippen molar-refractivity contribution in [3.63, 3.8) is 0 Å². The molecule has 1 amide bonds. The number of carboxylic acid groups (broad SMARTS) is 1. The van der Waals surface area contributed by atoms with E-state index in [1.165, 1.54) is 6.33 Å². The molecule has 1 fully saturated rings. The molecule has 0 saturated carbocycles. The molecule has 2 heterocycles. The summed E-state index contributed by atoms with van der Waals surface area (Å²) in [6.07, 6.45) is 2.87. The van der Waals surface area contributed by atoms with E-state index < -0.39 is 30.1 Å². The Labute approximate surface area is 109 Å². The van der Waals surface area contributed by atoms with Crippen molar-refractivity contribution in [1.29, 1.82) is 0 Å². The maximum atomic E-state index is 11.9. The average Bonchev–Trinajstić information content (AvgIpc) is 2.99. The maximum absolute atomic E-state index is 11.9. The Morgan fingerprint density at radius 1 is 1.58 bits per heavy atom. The van der Waals surface area contributed by atoms with Crippen LogP contribution < -0.4 is 10.6 Å². The molecule has 1 saturated heterocycles. The molecule has 1 unspecified atom stereocenters. The molecule has 0 radical (unpaired) electrons. The van der Waals surface area contributed by atoms with E-state index in [4.69, 9.17) is 5.11 Å². The van der Waals surface area contributed by atoms with Gasteiger partial charge in [0.05, 0.1) is 24.2 Å². The number of carboxylic acids is 1. The third-order valence-electron chi connectivity index (χ3n) is 3.01. The molecule has 19 heavy (non-hydrogen) atoms. The molecule has 2 rings (SSSR count). The Hall–Kier alpha value is -1.93. The van der Waals surface area contributed by atoms with E-state index in [2.05, 4.69) is 20.6 Å². The normalized spacial score (nSPS) is 24.1. The number of rotatable bonds is 5. The number of H-pyrrole nitrogens is 1. The van der Waals surface area contributed by atoms with Crippen LogP contribution in [0.2, 0.25) is 0 Å². The molecule has 1 aromatic heterocycles. The summed E-state index contributed by atoms with van der Waals surface area (Å²) in [7, 11) is 0. The number of aliphatic hydroxyl groups excluding tert-OH is 1. The van der Waals surface area contributed by atoms with Crippen molar-refractivity contribution in [1.82, 2.24) is 20.6 Å². The minimum absolute atomic E-state index is 0.111. The van der Waals surface area contributed by atoms with Gasteiger partial charge in [0.1, 0.15) is 6.04 Å². The fourth-order valence-electron chi connectivity index (χ4n) is 2.00. The summed E-state index contributed by atoms with van der Waals surface area (Å²) < 4.78 is 0. The largest absolute Gasteiger partial charge is 0.480 e. The topological polar surface area (TPSA) is 127 Å². The second-order valence-corrected chi connectivity index (χ2v) is 4.51. The van der Waals surface area contributed by atoms with E-state index in [9.17, 15) is 14.7 Å². The van der Waals surface area contributed by atoms with Gasteiger partial charge in [0.25, 0.3) is 0 Å². The number of nitrogens with one attached hydrogen (secondary N) is 3. The first kappa shape index (κ1) is 13.5. The zero-order valence-electron chi connectivity index (χ0n) is 10.2. The first-order valence-corrected chi connectivity index (χ1v) is 5.98. The van der Waals surface area contributed by atoms with Gasteiger partial charge in [0.15, 0.2) is 0 Å². The minimum Gasteiger partial charge on any atom is -0.480 e. The van der Waals surface area contributed by atoms with Gasteiger partial charge in [-0.3, -0.25) is 4.79 Å². The van der Waals surface area contributed by atoms with Gasteiger partial charge in [0.2, 0.25) is 5.91 Å². The Morgan fingerprint density at radius 3 is 2.89 bits per heavy atom. The molecule has 3 atom stereocenters. The lowest BCUT2D eigenvalue weighted by molar-refractivity contribution is -0.142. The molecule has 1 aliphatic heterocycles. The Morgan fingerprint density at radius 2 is 2.37 bits per heavy atom. The number of carbonyl (C=O) groups excluding carboxylic acids is 1. The van der Waals surface area contributed by atoms with Gasteiger partial charge in [-0.05, 0) is 6.42 Å². The van der Waals surface area contributed by atoms with Crippen molar-refractivity contribution in [2.45, 2.75) is 31.0 Å². The van der Waals surface area contributed by atoms with Gasteiger partial charge < -0.3 is 25.8 Å². The number of β-amino-alcohol motifs (C(OH)–C–C–N with tert-alkyl or cyclic N) is 1. The molecule has 104 valence electrons. The van der Waals surface area contributed by atoms with Gasteiger partial charge in [-0.25, -0.2) is 9.78 Å². The summed E-state index contributed by atoms with van der Waals surface area (Å²) in [5.74, 6) is -1.53. The number of imidazole rings is 1. The summed E-state index contributed by atoms with van der Waals surface area (Å²) in [5, 5.41) is 23.7. The monoisotopic (exact) mass is 268 g/mol. The molecule has 0 aromatic carbocycles. The van der Waals surface area contributed by atoms with Crippen molar-refractivity contribution >= 4 is 11.9 Å². The van der Waals surface area contributed by atoms with Crippen LogP contribution in [-0.2, 0) is 16.0 Å². The van der Waals surface area contributed by atoms with E-state index in [-0.39, 0.29) is 6.42 Å². The quantitative estimate of drug-likeness (QED) is 0.430. The lowest BCUT2D eigenvalue weighted by Gasteiger charge is -2.16. The lowest BCUT2D eigenvalue weighted by Crippen LogP contribution is -2.49. The van der Waals surface area contributed by atoms with Crippen molar-refractivity contribution in [3.05, 3.63) is 18.2 Å². The smallest absolute Gasteiger partial charge is 0.326 e. The summed E-state index contributed by atoms with van der Waals surface area (Å²) in [4.78, 5) is 29.6. The predicted molar refractivity (Wildman–Crippen MR) is 64.3 cm³/mol. The average molecular weight is 268 g/mol. The SMILES string of the molecule is O=C(O)C(Cc1c[nH]cn1)NC(=O)[C@@H]1C[C@@H](O)CN1. The van der Waals surface area contributed by atoms with Crippen LogP contribution in [0.5, 0.6) is 0 Å². The number of nitrogens with zero attached hydrogens (tertiary/aromatic N) is 1. The molecule has 0 aliphatic carbocycles. The Bertz CT molecular complexity index is 448. The van der Waals surface area contributed by atoms with E-state index in [0.717, 1.165) is 0 Å². The third kappa shape index (κ3) is 3.52. The van der Waals surface area contributed by atoms with Crippen LogP contribution in [-0.4, -0.2) is 56.8 Å². The molecule has 1 aromatic rings. The van der Waals surface area contributed by atoms with Crippen LogP contribution in [0.25, 0.3) is 0 Å². The standard InChI is InChI=1S/C11H16N4O4/c16-7-2-8(13-4-7)10(17)15-9(11(18)19)1-6-3-12-5-14-6/h3,5,7-9,13,16H,1-2,4H2,(H,12,14)(H,15,17)(H,18,19)/t7-,8+,9?/m1/s1. The van der Waals surface area contributed by atoms with Crippen molar-refractivity contribution < 1.29 is 19.8 Å². The first-order valence-electron chi connectivity index (χ1n) is 5.98. The number of hydrogen-bond donors (Lipinski definition) is 5. The maximum Gasteiger partial charge on any atom is 0.326 e. The van der Waals surface area contributed by atoms with Gasteiger partial charge in [-0.15, -0.1) is 0 Å². The number of aliphatic hydroxyl groups is 1. The fourth-order valence-corrected chi connectivity index (χ4v) is 2.00. The second kappa shape index (κ2) is 5.81. The third-order valence-corrected chi connectivity index (χ3v) is 3.01. The fraction of sp³-hybridized carbons (Fsp3) is 0.545. The van der Waals surface area contributed by atoms with Crippen LogP contribution in [0, 0.1) is 0 Å². The van der Waals surface area contributed by atoms with Crippen LogP contribution in [0.1, 0.15) is 12.1 Å². The van der Waals surface area contributed by atoms with E-state index in [1.807, 2.05) is 0 Å². The molecular weight excluding hydrogens is 252 g/mol. The number of hydrogen-bond acceptors (Lipinski definition) is 5. The zero-order valence-corrected chi connectivity index (χ0v) is 10.2. The molecule has 1 aliphatic rings. The van der Waals surface area contributed by atoms with Crippen LogP contribution in [0.4, 0.5) is 0 Å². The summed E-state index contributed by atoms with van der Waals surface area (Å²) in [6.45, 7) is 0.342. The highest BCUT2D eigenvalue weighted by Crippen LogP contribution is 2.07. The van der Waals surface area contributed by atoms with E-state index in [1.54, 1.807) is 6.20 Å². The Kier molecular flexibility index (Phi) is 4.13. The number of amides is 1. The molecule has 8 nitrogen and oxygen atoms in total. The number of aromatic amines is 1. The predicted octanol–water partition coefficient (Wildman–Crippen LogP) is -1.76. The van der Waals surface area contributed by atoms with E-state index >= 15 is 0 Å². The molecular formula is C11H16N4O4. The zero-order chi connectivity index (χ0) is 13.8. The highest BCUT2D eigenvalue weighted by atomic mass is 16.4. The molecule has 0 spiro atoms. The summed E-state index contributed by atoms with van der Waals surface area (Å²) >= 11 is 0. The summed E-state index contributed by atoms with van der Waals surface area (Å²) in [5.41, 5.74) is 0.562. The highest BCUT2D eigenvalue weighted by molar-refractivity contribution is 5.87. The van der Waals surface area contributed by atoms with Crippen molar-refractivity contribution in [2.24, 2.45) is 0 Å². The number of carbonyl (C=O) groups is 2. The first-order chi connectivity index (χ1) is 9.06. The highest BCUT2D eigenvalue weighted by Gasteiger charge is 2.31. The van der Waals surface area contributed by atoms with E-state index in [0.29, 0.717) is 18.7 Å². The Balaban J connectivity index is 1.93. The van der Waals surface area contributed by atoms with Gasteiger partial charge in [0, 0.05) is 19.2 Å². The van der Waals surface area contributed by atoms with Gasteiger partial charge in [-0.2, -0.15) is 0 Å². The van der Waals surface area contributed by atoms with Crippen LogP contribution >= 0.6 is 0 Å². The molecule has 0 bridgehead atoms.